The van der Waals surface area contributed by atoms with E-state index in [1.54, 1.807) is 13.3 Å². The van der Waals surface area contributed by atoms with Gasteiger partial charge in [0.15, 0.2) is 0 Å². The molecule has 1 N–H and O–H groups in total. The zero-order valence-corrected chi connectivity index (χ0v) is 14.5. The molecule has 0 bridgehead atoms. The van der Waals surface area contributed by atoms with E-state index in [0.29, 0.717) is 5.95 Å². The standard InChI is InChI=1S/C20H22N4O/c1-3-24(15-16-7-5-4-6-8-16)19-13-14-21-20(23-19)22-17-9-11-18(25-2)12-10-17/h4-14H,3,15H2,1-2H3,(H,21,22,23). The highest BCUT2D eigenvalue weighted by molar-refractivity contribution is 5.56. The third-order valence-electron chi connectivity index (χ3n) is 3.91. The summed E-state index contributed by atoms with van der Waals surface area (Å²) in [5, 5.41) is 3.23. The molecule has 0 atom stereocenters. The summed E-state index contributed by atoms with van der Waals surface area (Å²) in [6.07, 6.45) is 1.78. The Morgan fingerprint density at radius 2 is 1.76 bits per heavy atom. The zero-order valence-electron chi connectivity index (χ0n) is 14.5. The molecule has 0 aliphatic rings. The van der Waals surface area contributed by atoms with Crippen molar-refractivity contribution < 1.29 is 4.74 Å². The van der Waals surface area contributed by atoms with E-state index in [1.165, 1.54) is 5.56 Å². The summed E-state index contributed by atoms with van der Waals surface area (Å²) < 4.78 is 5.18. The fraction of sp³-hybridized carbons (Fsp3) is 0.200. The smallest absolute Gasteiger partial charge is 0.229 e. The van der Waals surface area contributed by atoms with E-state index < -0.39 is 0 Å². The van der Waals surface area contributed by atoms with Crippen LogP contribution < -0.4 is 15.0 Å². The maximum atomic E-state index is 5.18. The molecule has 5 nitrogen and oxygen atoms in total. The molecule has 0 saturated heterocycles. The van der Waals surface area contributed by atoms with Crippen molar-refractivity contribution >= 4 is 17.5 Å². The Labute approximate surface area is 148 Å². The second-order valence-electron chi connectivity index (χ2n) is 5.59. The molecule has 1 aromatic heterocycles. The van der Waals surface area contributed by atoms with Crippen LogP contribution in [0.25, 0.3) is 0 Å². The number of hydrogen-bond donors (Lipinski definition) is 1. The van der Waals surface area contributed by atoms with E-state index in [2.05, 4.69) is 51.4 Å². The van der Waals surface area contributed by atoms with Gasteiger partial charge >= 0.3 is 0 Å². The summed E-state index contributed by atoms with van der Waals surface area (Å²) >= 11 is 0. The van der Waals surface area contributed by atoms with Crippen LogP contribution in [0, 0.1) is 0 Å². The second-order valence-corrected chi connectivity index (χ2v) is 5.59. The number of benzene rings is 2. The first-order chi connectivity index (χ1) is 12.3. The van der Waals surface area contributed by atoms with Gasteiger partial charge in [0.05, 0.1) is 7.11 Å². The SMILES string of the molecule is CCN(Cc1ccccc1)c1ccnc(Nc2ccc(OC)cc2)n1. The second kappa shape index (κ2) is 8.15. The Bertz CT molecular complexity index is 790. The fourth-order valence-electron chi connectivity index (χ4n) is 2.55. The average Bonchev–Trinajstić information content (AvgIpc) is 2.68. The van der Waals surface area contributed by atoms with Crippen molar-refractivity contribution in [3.8, 4) is 5.75 Å². The lowest BCUT2D eigenvalue weighted by Gasteiger charge is -2.22. The van der Waals surface area contributed by atoms with Crippen molar-refractivity contribution in [3.63, 3.8) is 0 Å². The van der Waals surface area contributed by atoms with Gasteiger partial charge in [-0.25, -0.2) is 4.98 Å². The van der Waals surface area contributed by atoms with Crippen LogP contribution in [0.3, 0.4) is 0 Å². The predicted octanol–water partition coefficient (Wildman–Crippen LogP) is 4.26. The topological polar surface area (TPSA) is 50.3 Å². The summed E-state index contributed by atoms with van der Waals surface area (Å²) in [5.41, 5.74) is 2.18. The van der Waals surface area contributed by atoms with Gasteiger partial charge < -0.3 is 15.0 Å². The number of methoxy groups -OCH3 is 1. The van der Waals surface area contributed by atoms with Crippen LogP contribution in [-0.2, 0) is 6.54 Å². The van der Waals surface area contributed by atoms with Crippen molar-refractivity contribution in [2.45, 2.75) is 13.5 Å². The Morgan fingerprint density at radius 1 is 1.00 bits per heavy atom. The maximum Gasteiger partial charge on any atom is 0.229 e. The minimum absolute atomic E-state index is 0.578. The molecule has 0 saturated carbocycles. The molecule has 3 rings (SSSR count). The van der Waals surface area contributed by atoms with Gasteiger partial charge in [0.1, 0.15) is 11.6 Å². The highest BCUT2D eigenvalue weighted by atomic mass is 16.5. The average molecular weight is 334 g/mol. The van der Waals surface area contributed by atoms with Crippen LogP contribution in [0.2, 0.25) is 0 Å². The van der Waals surface area contributed by atoms with E-state index in [4.69, 9.17) is 4.74 Å². The largest absolute Gasteiger partial charge is 0.497 e. The highest BCUT2D eigenvalue weighted by Crippen LogP contribution is 2.20. The van der Waals surface area contributed by atoms with Crippen LogP contribution in [-0.4, -0.2) is 23.6 Å². The molecule has 0 amide bonds. The third kappa shape index (κ3) is 4.47. The lowest BCUT2D eigenvalue weighted by molar-refractivity contribution is 0.415. The first-order valence-corrected chi connectivity index (χ1v) is 8.31. The third-order valence-corrected chi connectivity index (χ3v) is 3.91. The molecule has 5 heteroatoms. The van der Waals surface area contributed by atoms with Crippen molar-refractivity contribution in [1.82, 2.24) is 9.97 Å². The van der Waals surface area contributed by atoms with E-state index >= 15 is 0 Å². The van der Waals surface area contributed by atoms with Gasteiger partial charge in [0.25, 0.3) is 0 Å². The number of hydrogen-bond acceptors (Lipinski definition) is 5. The van der Waals surface area contributed by atoms with Gasteiger partial charge in [-0.1, -0.05) is 30.3 Å². The lowest BCUT2D eigenvalue weighted by atomic mass is 10.2. The molecule has 0 aliphatic heterocycles. The first-order valence-electron chi connectivity index (χ1n) is 8.31. The van der Waals surface area contributed by atoms with Crippen LogP contribution in [0.4, 0.5) is 17.5 Å². The van der Waals surface area contributed by atoms with Crippen molar-refractivity contribution in [1.29, 1.82) is 0 Å². The minimum atomic E-state index is 0.578. The molecule has 3 aromatic rings. The molecule has 0 unspecified atom stereocenters. The monoisotopic (exact) mass is 334 g/mol. The van der Waals surface area contributed by atoms with Crippen LogP contribution >= 0.6 is 0 Å². The Kier molecular flexibility index (Phi) is 5.46. The fourth-order valence-corrected chi connectivity index (χ4v) is 2.55. The Balaban J connectivity index is 1.74. The van der Waals surface area contributed by atoms with Crippen LogP contribution in [0.5, 0.6) is 5.75 Å². The summed E-state index contributed by atoms with van der Waals surface area (Å²) in [6.45, 7) is 3.81. The van der Waals surface area contributed by atoms with Crippen LogP contribution in [0.1, 0.15) is 12.5 Å². The maximum absolute atomic E-state index is 5.18. The first kappa shape index (κ1) is 16.8. The number of nitrogens with one attached hydrogen (secondary N) is 1. The molecule has 0 spiro atoms. The molecule has 2 aromatic carbocycles. The van der Waals surface area contributed by atoms with Gasteiger partial charge in [0.2, 0.25) is 5.95 Å². The molecule has 25 heavy (non-hydrogen) atoms. The van der Waals surface area contributed by atoms with E-state index in [9.17, 15) is 0 Å². The number of rotatable bonds is 7. The molecular formula is C20H22N4O. The molecule has 0 aliphatic carbocycles. The van der Waals surface area contributed by atoms with Gasteiger partial charge in [-0.05, 0) is 42.8 Å². The highest BCUT2D eigenvalue weighted by Gasteiger charge is 2.08. The van der Waals surface area contributed by atoms with E-state index in [-0.39, 0.29) is 0 Å². The van der Waals surface area contributed by atoms with Gasteiger partial charge in [-0.3, -0.25) is 0 Å². The quantitative estimate of drug-likeness (QED) is 0.700. The number of anilines is 3. The Hall–Kier alpha value is -3.08. The zero-order chi connectivity index (χ0) is 17.5. The van der Waals surface area contributed by atoms with Crippen LogP contribution in [0.15, 0.2) is 66.9 Å². The number of aromatic nitrogens is 2. The van der Waals surface area contributed by atoms with Crippen molar-refractivity contribution in [3.05, 3.63) is 72.4 Å². The molecule has 0 radical (unpaired) electrons. The molecule has 128 valence electrons. The van der Waals surface area contributed by atoms with E-state index in [0.717, 1.165) is 30.3 Å². The normalized spacial score (nSPS) is 10.3. The predicted molar refractivity (Wildman–Crippen MR) is 101 cm³/mol. The van der Waals surface area contributed by atoms with Gasteiger partial charge in [-0.15, -0.1) is 0 Å². The molecular weight excluding hydrogens is 312 g/mol. The Morgan fingerprint density at radius 3 is 2.44 bits per heavy atom. The minimum Gasteiger partial charge on any atom is -0.497 e. The summed E-state index contributed by atoms with van der Waals surface area (Å²) in [5.74, 6) is 2.30. The summed E-state index contributed by atoms with van der Waals surface area (Å²) in [6, 6.07) is 20.0. The number of nitrogens with zero attached hydrogens (tertiary/aromatic N) is 3. The molecule has 1 heterocycles. The van der Waals surface area contributed by atoms with Crippen molar-refractivity contribution in [2.24, 2.45) is 0 Å². The van der Waals surface area contributed by atoms with Gasteiger partial charge in [-0.2, -0.15) is 4.98 Å². The van der Waals surface area contributed by atoms with Crippen molar-refractivity contribution in [2.75, 3.05) is 23.9 Å². The summed E-state index contributed by atoms with van der Waals surface area (Å²) in [7, 11) is 1.65. The van der Waals surface area contributed by atoms with E-state index in [1.807, 2.05) is 36.4 Å². The number of ether oxygens (including phenoxy) is 1. The lowest BCUT2D eigenvalue weighted by Crippen LogP contribution is -2.23. The van der Waals surface area contributed by atoms with Gasteiger partial charge in [0, 0.05) is 25.0 Å². The molecule has 0 fully saturated rings. The summed E-state index contributed by atoms with van der Waals surface area (Å²) in [4.78, 5) is 11.2.